The van der Waals surface area contributed by atoms with Crippen molar-refractivity contribution in [3.05, 3.63) is 12.2 Å². The van der Waals surface area contributed by atoms with Crippen LogP contribution in [0.4, 0.5) is 0 Å². The zero-order chi connectivity index (χ0) is 20.5. The van der Waals surface area contributed by atoms with Crippen LogP contribution in [0.5, 0.6) is 0 Å². The number of carbonyl (C=O) groups is 1. The normalized spacial score (nSPS) is 41.1. The average Bonchev–Trinajstić information content (AvgIpc) is 3.05. The van der Waals surface area contributed by atoms with E-state index in [0.29, 0.717) is 24.3 Å². The van der Waals surface area contributed by atoms with Gasteiger partial charge in [0.25, 0.3) is 0 Å². The first-order valence-electron chi connectivity index (χ1n) is 12.0. The highest BCUT2D eigenvalue weighted by Gasteiger charge is 2.55. The van der Waals surface area contributed by atoms with E-state index in [1.165, 1.54) is 38.5 Å². The maximum Gasteiger partial charge on any atom is 0.320 e. The molecule has 8 atom stereocenters. The van der Waals surface area contributed by atoms with E-state index in [4.69, 9.17) is 0 Å². The minimum Gasteiger partial charge on any atom is -0.480 e. The molecule has 0 spiro atoms. The van der Waals surface area contributed by atoms with Gasteiger partial charge in [-0.1, -0.05) is 57.6 Å². The number of rotatable bonds is 5. The van der Waals surface area contributed by atoms with Crippen molar-refractivity contribution >= 4 is 5.97 Å². The van der Waals surface area contributed by atoms with E-state index in [2.05, 4.69) is 17.9 Å². The molecular formula is C24H39NO4. The summed E-state index contributed by atoms with van der Waals surface area (Å²) in [6, 6.07) is 0.125. The van der Waals surface area contributed by atoms with Crippen LogP contribution < -0.4 is 0 Å². The lowest BCUT2D eigenvalue weighted by molar-refractivity contribution is -0.146. The maximum atomic E-state index is 11.8. The van der Waals surface area contributed by atoms with Crippen LogP contribution in [0.2, 0.25) is 0 Å². The van der Waals surface area contributed by atoms with Crippen molar-refractivity contribution in [3.63, 3.8) is 0 Å². The molecule has 29 heavy (non-hydrogen) atoms. The van der Waals surface area contributed by atoms with Gasteiger partial charge in [-0.15, -0.1) is 0 Å². The number of carboxylic acids is 1. The molecule has 5 nitrogen and oxygen atoms in total. The molecule has 0 amide bonds. The lowest BCUT2D eigenvalue weighted by Gasteiger charge is -2.38. The average molecular weight is 406 g/mol. The number of fused-ring (bicyclic) bond motifs is 3. The number of aliphatic hydroxyl groups excluding tert-OH is 2. The Morgan fingerprint density at radius 3 is 2.45 bits per heavy atom. The standard InChI is InChI=1S/C24H39NO4/c1-15(16-7-4-2-3-5-8-16)22(26)12-11-18-19-13-17-9-6-10-20(24(28)29)25(17)21(19)14-23(18)27/h11-12,15-23,26-27H,2-10,13-14H2,1H3,(H,28,29)/b12-11+/t15?,17?,18-,19-,20?,21-,22+,23-/m1/s1. The third kappa shape index (κ3) is 4.28. The van der Waals surface area contributed by atoms with Crippen LogP contribution in [0.3, 0.4) is 0 Å². The molecule has 0 radical (unpaired) electrons. The highest BCUT2D eigenvalue weighted by atomic mass is 16.4. The van der Waals surface area contributed by atoms with Crippen molar-refractivity contribution in [1.29, 1.82) is 0 Å². The van der Waals surface area contributed by atoms with Crippen LogP contribution in [-0.2, 0) is 4.79 Å². The predicted octanol–water partition coefficient (Wildman–Crippen LogP) is 3.59. The van der Waals surface area contributed by atoms with Gasteiger partial charge in [0.2, 0.25) is 0 Å². The zero-order valence-electron chi connectivity index (χ0n) is 17.8. The van der Waals surface area contributed by atoms with Gasteiger partial charge in [0.05, 0.1) is 12.2 Å². The van der Waals surface area contributed by atoms with Gasteiger partial charge in [-0.25, -0.2) is 0 Å². The molecule has 2 aliphatic heterocycles. The number of hydrogen-bond donors (Lipinski definition) is 3. The van der Waals surface area contributed by atoms with Gasteiger partial charge in [0.1, 0.15) is 6.04 Å². The molecule has 4 aliphatic rings. The van der Waals surface area contributed by atoms with Crippen LogP contribution in [0.25, 0.3) is 0 Å². The van der Waals surface area contributed by atoms with Crippen molar-refractivity contribution in [1.82, 2.24) is 4.90 Å². The van der Waals surface area contributed by atoms with Gasteiger partial charge in [0, 0.05) is 18.0 Å². The van der Waals surface area contributed by atoms with Crippen LogP contribution in [0.1, 0.15) is 77.6 Å². The summed E-state index contributed by atoms with van der Waals surface area (Å²) >= 11 is 0. The summed E-state index contributed by atoms with van der Waals surface area (Å²) in [6.45, 7) is 2.17. The molecule has 0 aromatic rings. The number of aliphatic hydroxyl groups is 2. The molecule has 164 valence electrons. The molecule has 0 aromatic heterocycles. The molecule has 3 N–H and O–H groups in total. The SMILES string of the molecule is CC(C1CCCCCC1)[C@@H](O)/C=C/[C@@H]1[C@H]2CC3CCCC(C(=O)O)N3[C@@H]2C[C@H]1O. The number of nitrogens with zero attached hydrogens (tertiary/aromatic N) is 1. The van der Waals surface area contributed by atoms with Crippen LogP contribution in [0, 0.1) is 23.7 Å². The van der Waals surface area contributed by atoms with Gasteiger partial charge < -0.3 is 15.3 Å². The Balaban J connectivity index is 1.42. The second kappa shape index (κ2) is 9.07. The van der Waals surface area contributed by atoms with Gasteiger partial charge in [0.15, 0.2) is 0 Å². The van der Waals surface area contributed by atoms with E-state index >= 15 is 0 Å². The maximum absolute atomic E-state index is 11.8. The number of carboxylic acid groups (broad SMARTS) is 1. The Morgan fingerprint density at radius 1 is 1.03 bits per heavy atom. The second-order valence-electron chi connectivity index (χ2n) is 10.2. The number of piperidine rings is 1. The summed E-state index contributed by atoms with van der Waals surface area (Å²) in [6.07, 6.45) is 15.2. The first-order chi connectivity index (χ1) is 14.0. The fraction of sp³-hybridized carbons (Fsp3) is 0.875. The molecule has 4 fully saturated rings. The van der Waals surface area contributed by atoms with E-state index in [1.807, 2.05) is 6.08 Å². The van der Waals surface area contributed by atoms with Crippen molar-refractivity contribution in [2.24, 2.45) is 23.7 Å². The highest BCUT2D eigenvalue weighted by Crippen LogP contribution is 2.49. The number of hydrogen-bond acceptors (Lipinski definition) is 4. The van der Waals surface area contributed by atoms with E-state index < -0.39 is 18.2 Å². The molecular weight excluding hydrogens is 366 g/mol. The molecule has 2 heterocycles. The Kier molecular flexibility index (Phi) is 6.67. The van der Waals surface area contributed by atoms with E-state index in [9.17, 15) is 20.1 Å². The summed E-state index contributed by atoms with van der Waals surface area (Å²) in [5, 5.41) is 31.2. The lowest BCUT2D eigenvalue weighted by atomic mass is 9.82. The third-order valence-electron chi connectivity index (χ3n) is 8.64. The second-order valence-corrected chi connectivity index (χ2v) is 10.2. The van der Waals surface area contributed by atoms with Gasteiger partial charge in [-0.2, -0.15) is 0 Å². The predicted molar refractivity (Wildman–Crippen MR) is 112 cm³/mol. The van der Waals surface area contributed by atoms with E-state index in [1.54, 1.807) is 0 Å². The number of aliphatic carboxylic acids is 1. The monoisotopic (exact) mass is 405 g/mol. The van der Waals surface area contributed by atoms with Crippen molar-refractivity contribution in [3.8, 4) is 0 Å². The summed E-state index contributed by atoms with van der Waals surface area (Å²) in [7, 11) is 0. The van der Waals surface area contributed by atoms with E-state index in [0.717, 1.165) is 25.7 Å². The molecule has 2 saturated carbocycles. The zero-order valence-corrected chi connectivity index (χ0v) is 17.8. The summed E-state index contributed by atoms with van der Waals surface area (Å²) < 4.78 is 0. The summed E-state index contributed by atoms with van der Waals surface area (Å²) in [5.74, 6) is 0.485. The summed E-state index contributed by atoms with van der Waals surface area (Å²) in [5.41, 5.74) is 0. The molecule has 0 aromatic carbocycles. The molecule has 4 rings (SSSR count). The van der Waals surface area contributed by atoms with Crippen LogP contribution >= 0.6 is 0 Å². The molecule has 5 heteroatoms. The Morgan fingerprint density at radius 2 is 1.76 bits per heavy atom. The molecule has 3 unspecified atom stereocenters. The highest BCUT2D eigenvalue weighted by molar-refractivity contribution is 5.73. The topological polar surface area (TPSA) is 81.0 Å². The Labute approximate surface area is 175 Å². The Bertz CT molecular complexity index is 600. The fourth-order valence-corrected chi connectivity index (χ4v) is 6.99. The fourth-order valence-electron chi connectivity index (χ4n) is 6.99. The lowest BCUT2D eigenvalue weighted by Crippen LogP contribution is -2.51. The minimum atomic E-state index is -0.712. The van der Waals surface area contributed by atoms with Gasteiger partial charge in [-0.3, -0.25) is 9.69 Å². The Hall–Kier alpha value is -0.910. The quantitative estimate of drug-likeness (QED) is 0.481. The molecule has 2 saturated heterocycles. The summed E-state index contributed by atoms with van der Waals surface area (Å²) in [4.78, 5) is 14.0. The smallest absolute Gasteiger partial charge is 0.320 e. The first kappa shape index (κ1) is 21.3. The van der Waals surface area contributed by atoms with E-state index in [-0.39, 0.29) is 23.9 Å². The van der Waals surface area contributed by atoms with Crippen molar-refractivity contribution in [2.45, 2.75) is 108 Å². The third-order valence-corrected chi connectivity index (χ3v) is 8.64. The van der Waals surface area contributed by atoms with Crippen LogP contribution in [0.15, 0.2) is 12.2 Å². The van der Waals surface area contributed by atoms with Gasteiger partial charge >= 0.3 is 5.97 Å². The van der Waals surface area contributed by atoms with Crippen molar-refractivity contribution in [2.75, 3.05) is 0 Å². The van der Waals surface area contributed by atoms with Crippen molar-refractivity contribution < 1.29 is 20.1 Å². The largest absolute Gasteiger partial charge is 0.480 e. The van der Waals surface area contributed by atoms with Crippen LogP contribution in [-0.4, -0.2) is 56.5 Å². The van der Waals surface area contributed by atoms with Gasteiger partial charge in [-0.05, 0) is 49.9 Å². The molecule has 0 bridgehead atoms. The minimum absolute atomic E-state index is 0.0380. The molecule has 2 aliphatic carbocycles. The first-order valence-corrected chi connectivity index (χ1v) is 12.0.